The quantitative estimate of drug-likeness (QED) is 0.813. The molecule has 0 spiro atoms. The highest BCUT2D eigenvalue weighted by Crippen LogP contribution is 2.21. The molecular formula is C15H21N5O. The predicted octanol–water partition coefficient (Wildman–Crippen LogP) is 0.769. The molecule has 2 N–H and O–H groups in total. The second-order valence-corrected chi connectivity index (χ2v) is 5.68. The molecule has 112 valence electrons. The summed E-state index contributed by atoms with van der Waals surface area (Å²) in [5, 5.41) is 0. The number of amides is 1. The van der Waals surface area contributed by atoms with E-state index in [1.54, 1.807) is 24.5 Å². The van der Waals surface area contributed by atoms with Crippen molar-refractivity contribution in [1.29, 1.82) is 0 Å². The molecule has 0 unspecified atom stereocenters. The molecule has 0 radical (unpaired) electrons. The lowest BCUT2D eigenvalue weighted by atomic mass is 10.2. The summed E-state index contributed by atoms with van der Waals surface area (Å²) in [6, 6.07) is 0.546. The number of hydrogen-bond acceptors (Lipinski definition) is 5. The highest BCUT2D eigenvalue weighted by Gasteiger charge is 2.29. The molecule has 2 aliphatic heterocycles. The minimum atomic E-state index is 0.0700. The number of carbonyl (C=O) groups excluding carboxylic acids is 1. The molecule has 1 aromatic rings. The number of nitrogen functional groups attached to an aromatic ring is 1. The minimum Gasteiger partial charge on any atom is -0.368 e. The molecule has 1 aromatic heterocycles. The lowest BCUT2D eigenvalue weighted by Gasteiger charge is -2.24. The van der Waals surface area contributed by atoms with Crippen molar-refractivity contribution in [2.45, 2.75) is 25.3 Å². The van der Waals surface area contributed by atoms with Crippen molar-refractivity contribution in [2.24, 2.45) is 0 Å². The van der Waals surface area contributed by atoms with Crippen LogP contribution < -0.4 is 5.73 Å². The number of nitrogens with zero attached hydrogens (tertiary/aromatic N) is 4. The Morgan fingerprint density at radius 1 is 1.24 bits per heavy atom. The molecule has 0 saturated carbocycles. The fourth-order valence-corrected chi connectivity index (χ4v) is 3.11. The topological polar surface area (TPSA) is 75.3 Å². The highest BCUT2D eigenvalue weighted by molar-refractivity contribution is 5.91. The fourth-order valence-electron chi connectivity index (χ4n) is 3.11. The average molecular weight is 287 g/mol. The van der Waals surface area contributed by atoms with E-state index in [1.807, 2.05) is 4.90 Å². The Kier molecular flexibility index (Phi) is 4.15. The van der Waals surface area contributed by atoms with Gasteiger partial charge in [0.25, 0.3) is 0 Å². The summed E-state index contributed by atoms with van der Waals surface area (Å²) in [4.78, 5) is 24.6. The number of nitrogens with two attached hydrogens (primary N) is 1. The summed E-state index contributed by atoms with van der Waals surface area (Å²) in [6.07, 6.45) is 10.1. The molecule has 0 aromatic carbocycles. The van der Waals surface area contributed by atoms with Gasteiger partial charge in [0.05, 0.1) is 0 Å². The molecule has 6 nitrogen and oxygen atoms in total. The van der Waals surface area contributed by atoms with Crippen LogP contribution in [0, 0.1) is 0 Å². The molecule has 21 heavy (non-hydrogen) atoms. The van der Waals surface area contributed by atoms with E-state index < -0.39 is 0 Å². The number of rotatable bonds is 2. The summed E-state index contributed by atoms with van der Waals surface area (Å²) in [6.45, 7) is 3.99. The maximum absolute atomic E-state index is 12.3. The summed E-state index contributed by atoms with van der Waals surface area (Å²) in [7, 11) is 0. The second kappa shape index (κ2) is 6.22. The summed E-state index contributed by atoms with van der Waals surface area (Å²) >= 11 is 0. The molecule has 2 aliphatic rings. The van der Waals surface area contributed by atoms with Gasteiger partial charge < -0.3 is 10.6 Å². The first kappa shape index (κ1) is 14.0. The summed E-state index contributed by atoms with van der Waals surface area (Å²) < 4.78 is 0. The van der Waals surface area contributed by atoms with E-state index in [-0.39, 0.29) is 11.9 Å². The standard InChI is InChI=1S/C15H21N5O/c16-15-17-9-12(10-18-15)4-5-14(21)20-8-2-7-19-6-1-3-13(19)11-20/h4-5,9-10,13H,1-3,6-8,11H2,(H2,16,17,18)/t13-/m0/s1. The first-order chi connectivity index (χ1) is 10.2. The van der Waals surface area contributed by atoms with Gasteiger partial charge in [-0.25, -0.2) is 9.97 Å². The van der Waals surface area contributed by atoms with Crippen LogP contribution in [0.4, 0.5) is 5.95 Å². The van der Waals surface area contributed by atoms with Crippen molar-refractivity contribution >= 4 is 17.9 Å². The van der Waals surface area contributed by atoms with Crippen LogP contribution in [-0.4, -0.2) is 57.9 Å². The van der Waals surface area contributed by atoms with Crippen molar-refractivity contribution in [2.75, 3.05) is 31.9 Å². The first-order valence-electron chi connectivity index (χ1n) is 7.51. The van der Waals surface area contributed by atoms with Crippen LogP contribution in [0.5, 0.6) is 0 Å². The SMILES string of the molecule is Nc1ncc(C=CC(=O)N2CCCN3CCC[C@H]3C2)cn1. The van der Waals surface area contributed by atoms with E-state index in [1.165, 1.54) is 19.4 Å². The van der Waals surface area contributed by atoms with Crippen LogP contribution in [0.1, 0.15) is 24.8 Å². The number of anilines is 1. The zero-order valence-electron chi connectivity index (χ0n) is 12.1. The molecular weight excluding hydrogens is 266 g/mol. The summed E-state index contributed by atoms with van der Waals surface area (Å²) in [5.41, 5.74) is 6.23. The predicted molar refractivity (Wildman–Crippen MR) is 81.3 cm³/mol. The zero-order chi connectivity index (χ0) is 14.7. The lowest BCUT2D eigenvalue weighted by Crippen LogP contribution is -2.38. The van der Waals surface area contributed by atoms with Crippen molar-refractivity contribution in [3.63, 3.8) is 0 Å². The van der Waals surface area contributed by atoms with Gasteiger partial charge in [0.2, 0.25) is 11.9 Å². The van der Waals surface area contributed by atoms with Crippen molar-refractivity contribution in [3.8, 4) is 0 Å². The van der Waals surface area contributed by atoms with Gasteiger partial charge in [-0.05, 0) is 31.9 Å². The molecule has 0 aliphatic carbocycles. The largest absolute Gasteiger partial charge is 0.368 e. The molecule has 6 heteroatoms. The van der Waals surface area contributed by atoms with Crippen LogP contribution in [0.25, 0.3) is 6.08 Å². The van der Waals surface area contributed by atoms with E-state index in [2.05, 4.69) is 14.9 Å². The van der Waals surface area contributed by atoms with Crippen LogP contribution in [-0.2, 0) is 4.79 Å². The van der Waals surface area contributed by atoms with E-state index >= 15 is 0 Å². The fraction of sp³-hybridized carbons (Fsp3) is 0.533. The molecule has 3 rings (SSSR count). The van der Waals surface area contributed by atoms with Crippen molar-refractivity contribution < 1.29 is 4.79 Å². The van der Waals surface area contributed by atoms with Gasteiger partial charge in [0, 0.05) is 49.7 Å². The van der Waals surface area contributed by atoms with Crippen molar-refractivity contribution in [1.82, 2.24) is 19.8 Å². The molecule has 1 atom stereocenters. The third kappa shape index (κ3) is 3.39. The van der Waals surface area contributed by atoms with Gasteiger partial charge >= 0.3 is 0 Å². The normalized spacial score (nSPS) is 23.2. The van der Waals surface area contributed by atoms with Crippen LogP contribution in [0.15, 0.2) is 18.5 Å². The monoisotopic (exact) mass is 287 g/mol. The Morgan fingerprint density at radius 2 is 2.00 bits per heavy atom. The first-order valence-corrected chi connectivity index (χ1v) is 7.51. The van der Waals surface area contributed by atoms with Crippen LogP contribution >= 0.6 is 0 Å². The molecule has 0 bridgehead atoms. The minimum absolute atomic E-state index is 0.0700. The zero-order valence-corrected chi connectivity index (χ0v) is 12.1. The van der Waals surface area contributed by atoms with Crippen molar-refractivity contribution in [3.05, 3.63) is 24.0 Å². The van der Waals surface area contributed by atoms with Crippen LogP contribution in [0.3, 0.4) is 0 Å². The van der Waals surface area contributed by atoms with E-state index in [0.29, 0.717) is 6.04 Å². The third-order valence-electron chi connectivity index (χ3n) is 4.23. The number of aromatic nitrogens is 2. The van der Waals surface area contributed by atoms with Gasteiger partial charge in [-0.3, -0.25) is 9.69 Å². The lowest BCUT2D eigenvalue weighted by molar-refractivity contribution is -0.126. The molecule has 3 heterocycles. The Hall–Kier alpha value is -1.95. The molecule has 2 fully saturated rings. The van der Waals surface area contributed by atoms with Gasteiger partial charge in [0.1, 0.15) is 0 Å². The Balaban J connectivity index is 1.62. The van der Waals surface area contributed by atoms with Gasteiger partial charge in [-0.15, -0.1) is 0 Å². The van der Waals surface area contributed by atoms with Gasteiger partial charge in [-0.1, -0.05) is 0 Å². The summed E-state index contributed by atoms with van der Waals surface area (Å²) in [5.74, 6) is 0.313. The number of carbonyl (C=O) groups is 1. The number of fused-ring (bicyclic) bond motifs is 1. The third-order valence-corrected chi connectivity index (χ3v) is 4.23. The highest BCUT2D eigenvalue weighted by atomic mass is 16.2. The average Bonchev–Trinajstić information content (AvgIpc) is 2.83. The molecule has 1 amide bonds. The van der Waals surface area contributed by atoms with E-state index in [9.17, 15) is 4.79 Å². The van der Waals surface area contributed by atoms with E-state index in [4.69, 9.17) is 5.73 Å². The maximum atomic E-state index is 12.3. The van der Waals surface area contributed by atoms with Gasteiger partial charge in [-0.2, -0.15) is 0 Å². The molecule has 2 saturated heterocycles. The van der Waals surface area contributed by atoms with Gasteiger partial charge in [0.15, 0.2) is 0 Å². The van der Waals surface area contributed by atoms with E-state index in [0.717, 1.165) is 31.6 Å². The van der Waals surface area contributed by atoms with Crippen LogP contribution in [0.2, 0.25) is 0 Å². The Labute approximate surface area is 124 Å². The smallest absolute Gasteiger partial charge is 0.246 e. The Morgan fingerprint density at radius 3 is 2.81 bits per heavy atom. The maximum Gasteiger partial charge on any atom is 0.246 e. The second-order valence-electron chi connectivity index (χ2n) is 5.68. The Bertz CT molecular complexity index is 527. The number of hydrogen-bond donors (Lipinski definition) is 1.